The third-order valence-electron chi connectivity index (χ3n) is 4.27. The molecule has 0 spiro atoms. The number of nitrogens with one attached hydrogen (secondary N) is 2. The first-order chi connectivity index (χ1) is 13.8. The second kappa shape index (κ2) is 11.1. The average molecular weight is 526 g/mol. The first-order valence-corrected chi connectivity index (χ1v) is 10.6. The number of hydrogen-bond acceptors (Lipinski definition) is 4. The molecule has 2 rings (SSSR count). The van der Waals surface area contributed by atoms with E-state index in [-0.39, 0.29) is 25.4 Å². The van der Waals surface area contributed by atoms with Gasteiger partial charge < -0.3 is 15.4 Å². The Morgan fingerprint density at radius 3 is 2.24 bits per heavy atom. The van der Waals surface area contributed by atoms with E-state index >= 15 is 0 Å². The van der Waals surface area contributed by atoms with Crippen molar-refractivity contribution in [3.63, 3.8) is 0 Å². The maximum atomic E-state index is 12.0. The van der Waals surface area contributed by atoms with Crippen LogP contribution < -0.4 is 10.6 Å². The van der Waals surface area contributed by atoms with E-state index in [9.17, 15) is 14.4 Å². The summed E-state index contributed by atoms with van der Waals surface area (Å²) >= 11 is 6.77. The van der Waals surface area contributed by atoms with Gasteiger partial charge in [0.25, 0.3) is 5.91 Å². The minimum atomic E-state index is -0.514. The van der Waals surface area contributed by atoms with E-state index in [4.69, 9.17) is 4.74 Å². The molecule has 0 aromatic heterocycles. The van der Waals surface area contributed by atoms with Crippen molar-refractivity contribution in [2.45, 2.75) is 33.1 Å². The maximum absolute atomic E-state index is 12.0. The number of esters is 1. The summed E-state index contributed by atoms with van der Waals surface area (Å²) < 4.78 is 6.87. The molecule has 0 heterocycles. The summed E-state index contributed by atoms with van der Waals surface area (Å²) in [4.78, 5) is 35.7. The molecule has 0 bridgehead atoms. The number of benzene rings is 2. The SMILES string of the molecule is Cc1c(Br)ccc(NC(=O)COC(=O)CCCC(=O)Nc2ccc(Br)cc2)c1C. The van der Waals surface area contributed by atoms with Crippen molar-refractivity contribution < 1.29 is 19.1 Å². The van der Waals surface area contributed by atoms with Crippen molar-refractivity contribution in [2.75, 3.05) is 17.2 Å². The van der Waals surface area contributed by atoms with E-state index < -0.39 is 11.9 Å². The monoisotopic (exact) mass is 524 g/mol. The van der Waals surface area contributed by atoms with Crippen LogP contribution in [0.1, 0.15) is 30.4 Å². The molecule has 8 heteroatoms. The second-order valence-electron chi connectivity index (χ2n) is 6.46. The molecule has 2 aromatic rings. The molecular weight excluding hydrogens is 504 g/mol. The molecular formula is C21H22Br2N2O4. The number of ether oxygens (including phenoxy) is 1. The van der Waals surface area contributed by atoms with Crippen LogP contribution in [-0.4, -0.2) is 24.4 Å². The lowest BCUT2D eigenvalue weighted by atomic mass is 10.1. The Morgan fingerprint density at radius 2 is 1.55 bits per heavy atom. The van der Waals surface area contributed by atoms with Gasteiger partial charge in [-0.1, -0.05) is 31.9 Å². The fourth-order valence-corrected chi connectivity index (χ4v) is 3.17. The zero-order chi connectivity index (χ0) is 21.4. The predicted octanol–water partition coefficient (Wildman–Crippen LogP) is 5.12. The fraction of sp³-hybridized carbons (Fsp3) is 0.286. The van der Waals surface area contributed by atoms with Crippen molar-refractivity contribution in [1.82, 2.24) is 0 Å². The van der Waals surface area contributed by atoms with E-state index in [1.807, 2.05) is 32.0 Å². The minimum Gasteiger partial charge on any atom is -0.456 e. The standard InChI is InChI=1S/C21H22Br2N2O4/c1-13-14(2)18(11-10-17(13)23)25-20(27)12-29-21(28)5-3-4-19(26)24-16-8-6-15(22)7-9-16/h6-11H,3-5,12H2,1-2H3,(H,24,26)(H,25,27). The lowest BCUT2D eigenvalue weighted by molar-refractivity contribution is -0.147. The lowest BCUT2D eigenvalue weighted by Crippen LogP contribution is -2.21. The second-order valence-corrected chi connectivity index (χ2v) is 8.23. The van der Waals surface area contributed by atoms with Crippen molar-refractivity contribution in [2.24, 2.45) is 0 Å². The first-order valence-electron chi connectivity index (χ1n) is 9.03. The Kier molecular flexibility index (Phi) is 8.85. The highest BCUT2D eigenvalue weighted by Crippen LogP contribution is 2.25. The summed E-state index contributed by atoms with van der Waals surface area (Å²) in [5.41, 5.74) is 3.34. The van der Waals surface area contributed by atoms with E-state index in [0.717, 1.165) is 20.1 Å². The van der Waals surface area contributed by atoms with Crippen LogP contribution in [0.4, 0.5) is 11.4 Å². The van der Waals surface area contributed by atoms with Gasteiger partial charge in [-0.25, -0.2) is 0 Å². The smallest absolute Gasteiger partial charge is 0.306 e. The van der Waals surface area contributed by atoms with Crippen molar-refractivity contribution in [1.29, 1.82) is 0 Å². The van der Waals surface area contributed by atoms with E-state index in [2.05, 4.69) is 42.5 Å². The molecule has 0 aliphatic heterocycles. The average Bonchev–Trinajstić information content (AvgIpc) is 2.68. The molecule has 29 heavy (non-hydrogen) atoms. The van der Waals surface area contributed by atoms with Crippen molar-refractivity contribution >= 4 is 61.0 Å². The zero-order valence-corrected chi connectivity index (χ0v) is 19.4. The highest BCUT2D eigenvalue weighted by Gasteiger charge is 2.12. The molecule has 0 fully saturated rings. The van der Waals surface area contributed by atoms with Crippen LogP contribution in [-0.2, 0) is 19.1 Å². The van der Waals surface area contributed by atoms with E-state index in [1.165, 1.54) is 0 Å². The quantitative estimate of drug-likeness (QED) is 0.468. The van der Waals surface area contributed by atoms with Gasteiger partial charge in [0.15, 0.2) is 6.61 Å². The Bertz CT molecular complexity index is 898. The molecule has 154 valence electrons. The van der Waals surface area contributed by atoms with Crippen LogP contribution in [0.3, 0.4) is 0 Å². The van der Waals surface area contributed by atoms with Crippen LogP contribution in [0, 0.1) is 13.8 Å². The molecule has 0 saturated carbocycles. The lowest BCUT2D eigenvalue weighted by Gasteiger charge is -2.12. The maximum Gasteiger partial charge on any atom is 0.306 e. The Labute approximate surface area is 186 Å². The van der Waals surface area contributed by atoms with Crippen LogP contribution in [0.2, 0.25) is 0 Å². The third-order valence-corrected chi connectivity index (χ3v) is 5.66. The van der Waals surface area contributed by atoms with Gasteiger partial charge in [-0.05, 0) is 67.8 Å². The van der Waals surface area contributed by atoms with Gasteiger partial charge in [0.1, 0.15) is 0 Å². The van der Waals surface area contributed by atoms with Gasteiger partial charge in [-0.2, -0.15) is 0 Å². The molecule has 0 unspecified atom stereocenters. The summed E-state index contributed by atoms with van der Waals surface area (Å²) in [5, 5.41) is 5.49. The normalized spacial score (nSPS) is 10.3. The van der Waals surface area contributed by atoms with Gasteiger partial charge in [0.2, 0.25) is 5.91 Å². The van der Waals surface area contributed by atoms with Gasteiger partial charge >= 0.3 is 5.97 Å². The summed E-state index contributed by atoms with van der Waals surface area (Å²) in [7, 11) is 0. The number of amides is 2. The molecule has 0 atom stereocenters. The highest BCUT2D eigenvalue weighted by atomic mass is 79.9. The van der Waals surface area contributed by atoms with Crippen LogP contribution in [0.25, 0.3) is 0 Å². The van der Waals surface area contributed by atoms with Gasteiger partial charge in [-0.3, -0.25) is 14.4 Å². The topological polar surface area (TPSA) is 84.5 Å². The number of carbonyl (C=O) groups excluding carboxylic acids is 3. The Balaban J connectivity index is 1.67. The largest absolute Gasteiger partial charge is 0.456 e. The first kappa shape index (κ1) is 23.1. The predicted molar refractivity (Wildman–Crippen MR) is 120 cm³/mol. The van der Waals surface area contributed by atoms with Crippen LogP contribution >= 0.6 is 31.9 Å². The van der Waals surface area contributed by atoms with Crippen molar-refractivity contribution in [3.8, 4) is 0 Å². The molecule has 6 nitrogen and oxygen atoms in total. The van der Waals surface area contributed by atoms with E-state index in [0.29, 0.717) is 17.8 Å². The fourth-order valence-electron chi connectivity index (χ4n) is 2.48. The molecule has 0 aliphatic carbocycles. The van der Waals surface area contributed by atoms with Crippen LogP contribution in [0.15, 0.2) is 45.3 Å². The molecule has 2 aromatic carbocycles. The van der Waals surface area contributed by atoms with Gasteiger partial charge in [0, 0.05) is 33.2 Å². The number of carbonyl (C=O) groups is 3. The third kappa shape index (κ3) is 7.62. The summed E-state index contributed by atoms with van der Waals surface area (Å²) in [6.07, 6.45) is 0.597. The van der Waals surface area contributed by atoms with Crippen LogP contribution in [0.5, 0.6) is 0 Å². The van der Waals surface area contributed by atoms with Crippen molar-refractivity contribution in [3.05, 3.63) is 56.5 Å². The number of rotatable bonds is 8. The number of halogens is 2. The number of anilines is 2. The summed E-state index contributed by atoms with van der Waals surface area (Å²) in [6.45, 7) is 3.49. The summed E-state index contributed by atoms with van der Waals surface area (Å²) in [5.74, 6) is -1.10. The highest BCUT2D eigenvalue weighted by molar-refractivity contribution is 9.10. The van der Waals surface area contributed by atoms with Gasteiger partial charge in [0.05, 0.1) is 0 Å². The molecule has 0 saturated heterocycles. The Morgan fingerprint density at radius 1 is 0.862 bits per heavy atom. The minimum absolute atomic E-state index is 0.0669. The van der Waals surface area contributed by atoms with E-state index in [1.54, 1.807) is 18.2 Å². The summed E-state index contributed by atoms with van der Waals surface area (Å²) in [6, 6.07) is 10.9. The number of hydrogen-bond donors (Lipinski definition) is 2. The van der Waals surface area contributed by atoms with Gasteiger partial charge in [-0.15, -0.1) is 0 Å². The molecule has 2 amide bonds. The Hall–Kier alpha value is -2.19. The zero-order valence-electron chi connectivity index (χ0n) is 16.2. The molecule has 0 aliphatic rings. The molecule has 2 N–H and O–H groups in total. The molecule has 0 radical (unpaired) electrons.